The molecular formula is C26H22BiN2OS+. The summed E-state index contributed by atoms with van der Waals surface area (Å²) in [6.07, 6.45) is 0. The second-order valence-electron chi connectivity index (χ2n) is 7.96. The zero-order chi connectivity index (χ0) is 21.3. The summed E-state index contributed by atoms with van der Waals surface area (Å²) in [6, 6.07) is 24.4. The number of hydrogen-bond acceptors (Lipinski definition) is 2. The monoisotopic (exact) mass is 619 g/mol. The molecule has 0 aliphatic rings. The maximum absolute atomic E-state index is 5.70. The van der Waals surface area contributed by atoms with Crippen LogP contribution in [-0.2, 0) is 7.05 Å². The van der Waals surface area contributed by atoms with E-state index in [1.54, 1.807) is 7.11 Å². The predicted molar refractivity (Wildman–Crippen MR) is 134 cm³/mol. The Morgan fingerprint density at radius 3 is 2.58 bits per heavy atom. The quantitative estimate of drug-likeness (QED) is 0.206. The summed E-state index contributed by atoms with van der Waals surface area (Å²) in [5.41, 5.74) is 4.92. The van der Waals surface area contributed by atoms with Crippen molar-refractivity contribution < 1.29 is 9.30 Å². The second kappa shape index (κ2) is 7.01. The minimum atomic E-state index is 0.816. The van der Waals surface area contributed by atoms with Gasteiger partial charge in [-0.25, -0.2) is 0 Å². The van der Waals surface area contributed by atoms with E-state index in [-0.39, 0.29) is 0 Å². The van der Waals surface area contributed by atoms with Crippen LogP contribution in [0.1, 0.15) is 5.56 Å². The SMILES string of the molecule is COc1ccc2c3c[c]([BiH2])ccc3n(-c3ccc4sc5ccccc5c4[n+]3C)c2c1C. The molecule has 0 amide bonds. The summed E-state index contributed by atoms with van der Waals surface area (Å²) in [5.74, 6) is 2.09. The number of methoxy groups -OCH3 is 1. The Balaban J connectivity index is 1.81. The van der Waals surface area contributed by atoms with Crippen LogP contribution in [0.3, 0.4) is 0 Å². The normalized spacial score (nSPS) is 11.9. The zero-order valence-corrected chi connectivity index (χ0v) is 22.9. The third-order valence-corrected chi connectivity index (χ3v) is 8.79. The van der Waals surface area contributed by atoms with Crippen molar-refractivity contribution in [3.63, 3.8) is 0 Å². The van der Waals surface area contributed by atoms with E-state index < -0.39 is 0 Å². The van der Waals surface area contributed by atoms with Crippen LogP contribution in [0.2, 0.25) is 0 Å². The number of aromatic nitrogens is 2. The van der Waals surface area contributed by atoms with E-state index in [0.29, 0.717) is 0 Å². The van der Waals surface area contributed by atoms with E-state index in [1.807, 2.05) is 11.3 Å². The Bertz CT molecular complexity index is 1660. The number of ether oxygens (including phenoxy) is 1. The van der Waals surface area contributed by atoms with Crippen molar-refractivity contribution in [3.05, 3.63) is 72.3 Å². The van der Waals surface area contributed by atoms with Crippen LogP contribution in [0.4, 0.5) is 0 Å². The van der Waals surface area contributed by atoms with Crippen LogP contribution in [-0.4, -0.2) is 36.4 Å². The van der Waals surface area contributed by atoms with Gasteiger partial charge in [0, 0.05) is 0 Å². The van der Waals surface area contributed by atoms with Gasteiger partial charge in [-0.2, -0.15) is 0 Å². The number of aryl methyl sites for hydroxylation is 2. The molecule has 6 rings (SSSR count). The summed E-state index contributed by atoms with van der Waals surface area (Å²) in [7, 11) is 3.94. The number of rotatable bonds is 2. The average molecular weight is 620 g/mol. The molecule has 0 aliphatic heterocycles. The van der Waals surface area contributed by atoms with Gasteiger partial charge in [-0.3, -0.25) is 0 Å². The molecule has 0 saturated carbocycles. The van der Waals surface area contributed by atoms with Crippen LogP contribution in [0.15, 0.2) is 66.7 Å². The topological polar surface area (TPSA) is 18.0 Å². The Morgan fingerprint density at radius 1 is 0.903 bits per heavy atom. The third-order valence-electron chi connectivity index (χ3n) is 6.26. The number of fused-ring (bicyclic) bond motifs is 6. The summed E-state index contributed by atoms with van der Waals surface area (Å²) in [5, 5.41) is 3.91. The van der Waals surface area contributed by atoms with E-state index in [4.69, 9.17) is 4.74 Å². The van der Waals surface area contributed by atoms with Crippen LogP contribution in [0.25, 0.3) is 47.9 Å². The van der Waals surface area contributed by atoms with Gasteiger partial charge >= 0.3 is 200 Å². The summed E-state index contributed by atoms with van der Waals surface area (Å²) >= 11 is 2.67. The second-order valence-corrected chi connectivity index (χ2v) is 11.6. The van der Waals surface area contributed by atoms with Crippen molar-refractivity contribution in [2.75, 3.05) is 7.11 Å². The third kappa shape index (κ3) is 2.70. The molecule has 0 aliphatic carbocycles. The molecule has 3 heterocycles. The van der Waals surface area contributed by atoms with E-state index in [2.05, 4.69) is 89.8 Å². The standard InChI is InChI=1S/C26H20N2OS.Bi.2H/c1-16-21(29-3)13-12-18-17-8-4-6-10-20(17)28(25(16)18)24-15-14-23-26(27(24)2)19-9-5-7-11-22(19)30-23;;;/h5-15H,1-3H3;;;/q+1;;;. The fourth-order valence-corrected chi connectivity index (χ4v) is 7.00. The van der Waals surface area contributed by atoms with Gasteiger partial charge in [-0.15, -0.1) is 0 Å². The average Bonchev–Trinajstić information content (AvgIpc) is 3.31. The first-order valence-corrected chi connectivity index (χ1v) is 13.3. The van der Waals surface area contributed by atoms with Crippen LogP contribution in [0, 0.1) is 6.92 Å². The molecule has 0 fully saturated rings. The van der Waals surface area contributed by atoms with Crippen molar-refractivity contribution in [1.82, 2.24) is 4.57 Å². The number of benzene rings is 3. The molecule has 0 spiro atoms. The van der Waals surface area contributed by atoms with Crippen molar-refractivity contribution in [3.8, 4) is 11.6 Å². The zero-order valence-electron chi connectivity index (χ0n) is 17.6. The molecule has 0 bridgehead atoms. The molecule has 3 nitrogen and oxygen atoms in total. The minimum absolute atomic E-state index is 0.816. The maximum atomic E-state index is 5.70. The van der Waals surface area contributed by atoms with Gasteiger partial charge in [0.25, 0.3) is 0 Å². The number of hydrogen-bond donors (Lipinski definition) is 0. The number of thiophene rings is 1. The molecular weight excluding hydrogens is 597 g/mol. The summed E-state index contributed by atoms with van der Waals surface area (Å²) < 4.78 is 14.5. The summed E-state index contributed by atoms with van der Waals surface area (Å²) in [6.45, 7) is 2.17. The van der Waals surface area contributed by atoms with Gasteiger partial charge in [-0.1, -0.05) is 0 Å². The Morgan fingerprint density at radius 2 is 1.74 bits per heavy atom. The first-order valence-electron chi connectivity index (χ1n) is 10.3. The van der Waals surface area contributed by atoms with Crippen molar-refractivity contribution in [2.45, 2.75) is 6.92 Å². The molecule has 6 aromatic rings. The molecule has 3 aromatic carbocycles. The summed E-state index contributed by atoms with van der Waals surface area (Å²) in [4.78, 5) is 0. The van der Waals surface area contributed by atoms with Crippen molar-refractivity contribution in [2.24, 2.45) is 7.05 Å². The van der Waals surface area contributed by atoms with Gasteiger partial charge < -0.3 is 0 Å². The van der Waals surface area contributed by atoms with Crippen molar-refractivity contribution >= 4 is 81.4 Å². The Kier molecular flexibility index (Phi) is 4.35. The molecule has 152 valence electrons. The predicted octanol–water partition coefficient (Wildman–Crippen LogP) is 4.55. The van der Waals surface area contributed by atoms with Gasteiger partial charge in [0.15, 0.2) is 0 Å². The Hall–Kier alpha value is -2.49. The molecule has 0 saturated heterocycles. The molecule has 0 unspecified atom stereocenters. The van der Waals surface area contributed by atoms with Gasteiger partial charge in [-0.05, 0) is 0 Å². The first kappa shape index (κ1) is 19.2. The number of pyridine rings is 1. The number of nitrogens with zero attached hydrogens (tertiary/aromatic N) is 2. The first-order chi connectivity index (χ1) is 15.1. The van der Waals surface area contributed by atoms with Gasteiger partial charge in [0.2, 0.25) is 0 Å². The van der Waals surface area contributed by atoms with E-state index in [0.717, 1.165) is 36.3 Å². The molecule has 31 heavy (non-hydrogen) atoms. The van der Waals surface area contributed by atoms with Crippen LogP contribution >= 0.6 is 11.3 Å². The molecule has 0 radical (unpaired) electrons. The van der Waals surface area contributed by atoms with E-state index in [1.165, 1.54) is 50.9 Å². The molecule has 0 atom stereocenters. The van der Waals surface area contributed by atoms with Gasteiger partial charge in [0.1, 0.15) is 0 Å². The molecule has 5 heteroatoms. The van der Waals surface area contributed by atoms with Crippen molar-refractivity contribution in [1.29, 1.82) is 0 Å². The van der Waals surface area contributed by atoms with Crippen LogP contribution in [0.5, 0.6) is 5.75 Å². The fourth-order valence-electron chi connectivity index (χ4n) is 4.84. The Labute approximate surface area is 199 Å². The molecule has 0 N–H and O–H groups in total. The van der Waals surface area contributed by atoms with Gasteiger partial charge in [0.05, 0.1) is 0 Å². The molecule has 3 aromatic heterocycles. The fraction of sp³-hybridized carbons (Fsp3) is 0.115. The van der Waals surface area contributed by atoms with E-state index >= 15 is 0 Å². The van der Waals surface area contributed by atoms with E-state index in [9.17, 15) is 0 Å². The van der Waals surface area contributed by atoms with Crippen LogP contribution < -0.4 is 12.6 Å².